The van der Waals surface area contributed by atoms with Crippen LogP contribution in [0.4, 0.5) is 4.79 Å². The number of carbonyl (C=O) groups excluding carboxylic acids is 1. The zero-order chi connectivity index (χ0) is 14.3. The Hall–Kier alpha value is -1.30. The molecule has 0 aromatic carbocycles. The Morgan fingerprint density at radius 1 is 1.32 bits per heavy atom. The van der Waals surface area contributed by atoms with Crippen molar-refractivity contribution in [3.8, 4) is 0 Å². The van der Waals surface area contributed by atoms with Crippen LogP contribution in [-0.4, -0.2) is 52.9 Å². The molecule has 1 aliphatic carbocycles. The first-order valence-electron chi connectivity index (χ1n) is 6.97. The number of nitrogens with zero attached hydrogens (tertiary/aromatic N) is 1. The number of aliphatic carboxylic acids is 1. The highest BCUT2D eigenvalue weighted by molar-refractivity contribution is 5.75. The van der Waals surface area contributed by atoms with E-state index < -0.39 is 5.97 Å². The van der Waals surface area contributed by atoms with Crippen molar-refractivity contribution in [3.63, 3.8) is 0 Å². The van der Waals surface area contributed by atoms with E-state index in [2.05, 4.69) is 5.32 Å². The molecule has 2 amide bonds. The number of hydrogen-bond donors (Lipinski definition) is 3. The van der Waals surface area contributed by atoms with Crippen molar-refractivity contribution in [1.29, 1.82) is 0 Å². The van der Waals surface area contributed by atoms with E-state index in [0.29, 0.717) is 32.4 Å². The van der Waals surface area contributed by atoms with Gasteiger partial charge in [0.05, 0.1) is 12.5 Å². The molecule has 0 heterocycles. The molecule has 1 rings (SSSR count). The summed E-state index contributed by atoms with van der Waals surface area (Å²) in [5, 5.41) is 20.7. The number of amides is 2. The number of carboxylic acids is 1. The number of aliphatic hydroxyl groups excluding tert-OH is 1. The normalized spacial score (nSPS) is 22.2. The number of carbonyl (C=O) groups is 2. The largest absolute Gasteiger partial charge is 0.481 e. The second-order valence-electron chi connectivity index (χ2n) is 5.06. The number of nitrogens with one attached hydrogen (secondary N) is 1. The standard InChI is InChI=1S/C13H24N2O4/c1-2-3-6-15(7-8-16)13(19)14-11-5-4-10(9-11)12(17)18/h10-11,16H,2-9H2,1H3,(H,14,19)(H,17,18)/t10-,11+/m1/s1. The van der Waals surface area contributed by atoms with Crippen molar-refractivity contribution in [2.45, 2.75) is 45.1 Å². The Bertz CT molecular complexity index is 309. The van der Waals surface area contributed by atoms with Gasteiger partial charge in [-0.2, -0.15) is 0 Å². The maximum atomic E-state index is 12.0. The molecular weight excluding hydrogens is 248 g/mol. The van der Waals surface area contributed by atoms with Crippen LogP contribution in [0.15, 0.2) is 0 Å². The summed E-state index contributed by atoms with van der Waals surface area (Å²) < 4.78 is 0. The van der Waals surface area contributed by atoms with Gasteiger partial charge in [-0.05, 0) is 25.7 Å². The fourth-order valence-electron chi connectivity index (χ4n) is 2.39. The molecule has 19 heavy (non-hydrogen) atoms. The average molecular weight is 272 g/mol. The quantitative estimate of drug-likeness (QED) is 0.646. The minimum atomic E-state index is -0.782. The van der Waals surface area contributed by atoms with Crippen LogP contribution in [0.3, 0.4) is 0 Å². The zero-order valence-corrected chi connectivity index (χ0v) is 11.5. The van der Waals surface area contributed by atoms with E-state index >= 15 is 0 Å². The van der Waals surface area contributed by atoms with Gasteiger partial charge >= 0.3 is 12.0 Å². The summed E-state index contributed by atoms with van der Waals surface area (Å²) in [5.41, 5.74) is 0. The van der Waals surface area contributed by atoms with E-state index in [4.69, 9.17) is 10.2 Å². The van der Waals surface area contributed by atoms with Crippen LogP contribution in [0.1, 0.15) is 39.0 Å². The van der Waals surface area contributed by atoms with E-state index in [1.807, 2.05) is 6.92 Å². The molecule has 0 bridgehead atoms. The lowest BCUT2D eigenvalue weighted by Gasteiger charge is -2.24. The summed E-state index contributed by atoms with van der Waals surface area (Å²) in [5.74, 6) is -1.12. The zero-order valence-electron chi connectivity index (χ0n) is 11.5. The lowest BCUT2D eigenvalue weighted by molar-refractivity contribution is -0.141. The molecule has 0 radical (unpaired) electrons. The molecule has 0 aromatic heterocycles. The summed E-state index contributed by atoms with van der Waals surface area (Å²) in [6, 6.07) is -0.255. The van der Waals surface area contributed by atoms with Crippen LogP contribution in [0.2, 0.25) is 0 Å². The first-order valence-corrected chi connectivity index (χ1v) is 6.97. The molecule has 0 spiro atoms. The highest BCUT2D eigenvalue weighted by Gasteiger charge is 2.31. The maximum absolute atomic E-state index is 12.0. The van der Waals surface area contributed by atoms with Crippen LogP contribution in [0.25, 0.3) is 0 Å². The first kappa shape index (κ1) is 15.8. The van der Waals surface area contributed by atoms with Crippen molar-refractivity contribution in [1.82, 2.24) is 10.2 Å². The lowest BCUT2D eigenvalue weighted by atomic mass is 10.1. The van der Waals surface area contributed by atoms with Gasteiger partial charge in [-0.3, -0.25) is 4.79 Å². The van der Waals surface area contributed by atoms with E-state index in [1.165, 1.54) is 0 Å². The summed E-state index contributed by atoms with van der Waals surface area (Å²) in [4.78, 5) is 24.5. The second kappa shape index (κ2) is 7.99. The van der Waals surface area contributed by atoms with Crippen LogP contribution in [0, 0.1) is 5.92 Å². The Balaban J connectivity index is 2.41. The van der Waals surface area contributed by atoms with Crippen LogP contribution in [0.5, 0.6) is 0 Å². The average Bonchev–Trinajstić information content (AvgIpc) is 2.83. The van der Waals surface area contributed by atoms with Gasteiger partial charge in [0.2, 0.25) is 0 Å². The Kier molecular flexibility index (Phi) is 6.62. The Morgan fingerprint density at radius 2 is 2.05 bits per heavy atom. The van der Waals surface area contributed by atoms with E-state index in [-0.39, 0.29) is 24.6 Å². The molecule has 0 aliphatic heterocycles. The number of rotatable bonds is 7. The number of hydrogen-bond acceptors (Lipinski definition) is 3. The molecule has 1 aliphatic rings. The minimum Gasteiger partial charge on any atom is -0.481 e. The van der Waals surface area contributed by atoms with Crippen molar-refractivity contribution in [2.24, 2.45) is 5.92 Å². The van der Waals surface area contributed by atoms with Crippen molar-refractivity contribution in [3.05, 3.63) is 0 Å². The molecule has 3 N–H and O–H groups in total. The van der Waals surface area contributed by atoms with Gasteiger partial charge in [0.25, 0.3) is 0 Å². The summed E-state index contributed by atoms with van der Waals surface area (Å²) in [7, 11) is 0. The maximum Gasteiger partial charge on any atom is 0.317 e. The first-order chi connectivity index (χ1) is 9.08. The molecule has 1 fully saturated rings. The highest BCUT2D eigenvalue weighted by atomic mass is 16.4. The van der Waals surface area contributed by atoms with Crippen LogP contribution < -0.4 is 5.32 Å². The summed E-state index contributed by atoms with van der Waals surface area (Å²) in [6.45, 7) is 2.93. The predicted octanol–water partition coefficient (Wildman–Crippen LogP) is 1.04. The number of aliphatic hydroxyl groups is 1. The van der Waals surface area contributed by atoms with Crippen molar-refractivity contribution < 1.29 is 19.8 Å². The fourth-order valence-corrected chi connectivity index (χ4v) is 2.39. The molecule has 6 heteroatoms. The highest BCUT2D eigenvalue weighted by Crippen LogP contribution is 2.25. The molecule has 110 valence electrons. The third-order valence-corrected chi connectivity index (χ3v) is 3.55. The summed E-state index contributed by atoms with van der Waals surface area (Å²) >= 11 is 0. The van der Waals surface area contributed by atoms with Gasteiger partial charge in [0.15, 0.2) is 0 Å². The molecule has 0 unspecified atom stereocenters. The van der Waals surface area contributed by atoms with Crippen LogP contribution in [-0.2, 0) is 4.79 Å². The third kappa shape index (κ3) is 5.06. The summed E-state index contributed by atoms with van der Waals surface area (Å²) in [6.07, 6.45) is 3.72. The minimum absolute atomic E-state index is 0.0560. The molecule has 0 saturated heterocycles. The molecule has 6 nitrogen and oxygen atoms in total. The lowest BCUT2D eigenvalue weighted by Crippen LogP contribution is -2.45. The Labute approximate surface area is 113 Å². The molecule has 2 atom stereocenters. The van der Waals surface area contributed by atoms with E-state index in [0.717, 1.165) is 12.8 Å². The third-order valence-electron chi connectivity index (χ3n) is 3.55. The van der Waals surface area contributed by atoms with Gasteiger partial charge in [-0.15, -0.1) is 0 Å². The number of unbranched alkanes of at least 4 members (excludes halogenated alkanes) is 1. The predicted molar refractivity (Wildman–Crippen MR) is 70.9 cm³/mol. The fraction of sp³-hybridized carbons (Fsp3) is 0.846. The molecular formula is C13H24N2O4. The number of urea groups is 1. The van der Waals surface area contributed by atoms with Crippen molar-refractivity contribution >= 4 is 12.0 Å². The van der Waals surface area contributed by atoms with E-state index in [1.54, 1.807) is 4.90 Å². The topological polar surface area (TPSA) is 89.9 Å². The van der Waals surface area contributed by atoms with Gasteiger partial charge in [0.1, 0.15) is 0 Å². The van der Waals surface area contributed by atoms with Gasteiger partial charge in [-0.25, -0.2) is 4.79 Å². The van der Waals surface area contributed by atoms with Crippen LogP contribution >= 0.6 is 0 Å². The smallest absolute Gasteiger partial charge is 0.317 e. The monoisotopic (exact) mass is 272 g/mol. The van der Waals surface area contributed by atoms with Gasteiger partial charge in [-0.1, -0.05) is 13.3 Å². The second-order valence-corrected chi connectivity index (χ2v) is 5.06. The SMILES string of the molecule is CCCCN(CCO)C(=O)N[C@H]1CC[C@@H](C(=O)O)C1. The van der Waals surface area contributed by atoms with Gasteiger partial charge in [0, 0.05) is 19.1 Å². The number of carboxylic acid groups (broad SMARTS) is 1. The molecule has 1 saturated carbocycles. The van der Waals surface area contributed by atoms with Gasteiger partial charge < -0.3 is 20.4 Å². The Morgan fingerprint density at radius 3 is 2.58 bits per heavy atom. The van der Waals surface area contributed by atoms with E-state index in [9.17, 15) is 9.59 Å². The molecule has 0 aromatic rings. The van der Waals surface area contributed by atoms with Crippen molar-refractivity contribution in [2.75, 3.05) is 19.7 Å².